The molecule has 2 aromatic rings. The number of rotatable bonds is 5. The number of hydrogen-bond donors (Lipinski definition) is 1. The summed E-state index contributed by atoms with van der Waals surface area (Å²) in [7, 11) is 1.90. The molecule has 0 radical (unpaired) electrons. The van der Waals surface area contributed by atoms with Gasteiger partial charge < -0.3 is 5.32 Å². The van der Waals surface area contributed by atoms with E-state index in [1.807, 2.05) is 20.9 Å². The third-order valence-corrected chi connectivity index (χ3v) is 3.09. The van der Waals surface area contributed by atoms with Gasteiger partial charge in [0.1, 0.15) is 0 Å². The lowest BCUT2D eigenvalue weighted by molar-refractivity contribution is 0.545. The fraction of sp³-hybridized carbons (Fsp3) is 0.538. The van der Waals surface area contributed by atoms with Crippen molar-refractivity contribution >= 4 is 0 Å². The van der Waals surface area contributed by atoms with Crippen LogP contribution in [-0.2, 0) is 7.05 Å². The Morgan fingerprint density at radius 3 is 2.74 bits per heavy atom. The molecular weight excluding hydrogens is 240 g/mol. The highest BCUT2D eigenvalue weighted by Gasteiger charge is 2.20. The fourth-order valence-corrected chi connectivity index (χ4v) is 2.08. The first-order valence-electron chi connectivity index (χ1n) is 6.52. The summed E-state index contributed by atoms with van der Waals surface area (Å²) in [6.45, 7) is 7.01. The standard InChI is InChI=1S/C13H20N6/c1-5-6-14-13(12-8-15-18-19(12)4)11-7-9(2)16-17-10(11)3/h7-8,13-14H,5-6H2,1-4H3. The number of aryl methyl sites for hydroxylation is 3. The van der Waals surface area contributed by atoms with Gasteiger partial charge in [0.05, 0.1) is 29.3 Å². The first-order chi connectivity index (χ1) is 9.13. The van der Waals surface area contributed by atoms with E-state index in [9.17, 15) is 0 Å². The van der Waals surface area contributed by atoms with Crippen LogP contribution in [0.4, 0.5) is 0 Å². The number of nitrogens with zero attached hydrogens (tertiary/aromatic N) is 5. The minimum absolute atomic E-state index is 0.0501. The summed E-state index contributed by atoms with van der Waals surface area (Å²) in [6.07, 6.45) is 2.86. The summed E-state index contributed by atoms with van der Waals surface area (Å²) in [4.78, 5) is 0. The van der Waals surface area contributed by atoms with E-state index in [2.05, 4.69) is 38.8 Å². The molecule has 0 saturated heterocycles. The number of hydrogen-bond acceptors (Lipinski definition) is 5. The highest BCUT2D eigenvalue weighted by atomic mass is 15.4. The van der Waals surface area contributed by atoms with Crippen molar-refractivity contribution in [3.63, 3.8) is 0 Å². The summed E-state index contributed by atoms with van der Waals surface area (Å²) in [5.74, 6) is 0. The van der Waals surface area contributed by atoms with Crippen molar-refractivity contribution in [2.75, 3.05) is 6.54 Å². The Balaban J connectivity index is 2.42. The Labute approximate surface area is 113 Å². The van der Waals surface area contributed by atoms with Crippen LogP contribution in [0.2, 0.25) is 0 Å². The first-order valence-corrected chi connectivity index (χ1v) is 6.52. The van der Waals surface area contributed by atoms with Gasteiger partial charge in [0, 0.05) is 12.6 Å². The van der Waals surface area contributed by atoms with Gasteiger partial charge in [0.25, 0.3) is 0 Å². The predicted molar refractivity (Wildman–Crippen MR) is 72.6 cm³/mol. The van der Waals surface area contributed by atoms with Crippen molar-refractivity contribution in [1.82, 2.24) is 30.5 Å². The molecule has 6 heteroatoms. The van der Waals surface area contributed by atoms with Crippen LogP contribution in [0.5, 0.6) is 0 Å². The molecule has 102 valence electrons. The molecule has 0 aliphatic heterocycles. The summed E-state index contributed by atoms with van der Waals surface area (Å²) < 4.78 is 1.79. The molecule has 1 atom stereocenters. The molecule has 0 spiro atoms. The molecule has 2 rings (SSSR count). The average molecular weight is 260 g/mol. The first kappa shape index (κ1) is 13.6. The van der Waals surface area contributed by atoms with E-state index in [0.29, 0.717) is 0 Å². The van der Waals surface area contributed by atoms with Crippen molar-refractivity contribution in [1.29, 1.82) is 0 Å². The highest BCUT2D eigenvalue weighted by Crippen LogP contribution is 2.23. The molecule has 0 amide bonds. The molecule has 2 aromatic heterocycles. The van der Waals surface area contributed by atoms with Crippen LogP contribution < -0.4 is 5.32 Å². The number of nitrogens with one attached hydrogen (secondary N) is 1. The Bertz CT molecular complexity index is 548. The largest absolute Gasteiger partial charge is 0.305 e. The normalized spacial score (nSPS) is 12.6. The van der Waals surface area contributed by atoms with Gasteiger partial charge >= 0.3 is 0 Å². The molecule has 0 aliphatic rings. The van der Waals surface area contributed by atoms with Crippen molar-refractivity contribution < 1.29 is 0 Å². The molecule has 1 N–H and O–H groups in total. The minimum atomic E-state index is 0.0501. The maximum absolute atomic E-state index is 4.21. The zero-order valence-corrected chi connectivity index (χ0v) is 11.9. The molecule has 0 fully saturated rings. The predicted octanol–water partition coefficient (Wildman–Crippen LogP) is 1.31. The van der Waals surface area contributed by atoms with E-state index in [0.717, 1.165) is 35.6 Å². The molecular formula is C13H20N6. The maximum Gasteiger partial charge on any atom is 0.0799 e. The Morgan fingerprint density at radius 1 is 1.32 bits per heavy atom. The summed E-state index contributed by atoms with van der Waals surface area (Å²) in [6, 6.07) is 2.12. The Kier molecular flexibility index (Phi) is 4.21. The molecule has 1 unspecified atom stereocenters. The van der Waals surface area contributed by atoms with E-state index in [4.69, 9.17) is 0 Å². The van der Waals surface area contributed by atoms with Gasteiger partial charge in [-0.25, -0.2) is 0 Å². The summed E-state index contributed by atoms with van der Waals surface area (Å²) in [5.41, 5.74) is 4.01. The van der Waals surface area contributed by atoms with Crippen LogP contribution in [0.25, 0.3) is 0 Å². The van der Waals surface area contributed by atoms with Crippen molar-refractivity contribution in [3.05, 3.63) is 34.9 Å². The van der Waals surface area contributed by atoms with Gasteiger partial charge in [-0.3, -0.25) is 4.68 Å². The smallest absolute Gasteiger partial charge is 0.0799 e. The van der Waals surface area contributed by atoms with Crippen molar-refractivity contribution in [2.45, 2.75) is 33.2 Å². The van der Waals surface area contributed by atoms with Crippen molar-refractivity contribution in [3.8, 4) is 0 Å². The molecule has 2 heterocycles. The third kappa shape index (κ3) is 2.96. The molecule has 0 bridgehead atoms. The molecule has 0 saturated carbocycles. The van der Waals surface area contributed by atoms with Crippen LogP contribution in [0.15, 0.2) is 12.3 Å². The van der Waals surface area contributed by atoms with E-state index in [1.165, 1.54) is 0 Å². The molecule has 0 aromatic carbocycles. The molecule has 6 nitrogen and oxygen atoms in total. The highest BCUT2D eigenvalue weighted by molar-refractivity contribution is 5.30. The second kappa shape index (κ2) is 5.88. The number of aromatic nitrogens is 5. The van der Waals surface area contributed by atoms with Crippen molar-refractivity contribution in [2.24, 2.45) is 7.05 Å². The summed E-state index contributed by atoms with van der Waals surface area (Å²) >= 11 is 0. The zero-order chi connectivity index (χ0) is 13.8. The minimum Gasteiger partial charge on any atom is -0.305 e. The Morgan fingerprint density at radius 2 is 2.11 bits per heavy atom. The van der Waals surface area contributed by atoms with Gasteiger partial charge in [-0.2, -0.15) is 10.2 Å². The quantitative estimate of drug-likeness (QED) is 0.878. The summed E-state index contributed by atoms with van der Waals surface area (Å²) in [5, 5.41) is 19.8. The van der Waals surface area contributed by atoms with E-state index in [-0.39, 0.29) is 6.04 Å². The lowest BCUT2D eigenvalue weighted by Crippen LogP contribution is -2.26. The van der Waals surface area contributed by atoms with E-state index in [1.54, 1.807) is 10.9 Å². The van der Waals surface area contributed by atoms with Gasteiger partial charge in [-0.15, -0.1) is 5.10 Å². The second-order valence-electron chi connectivity index (χ2n) is 4.70. The van der Waals surface area contributed by atoms with Crippen LogP contribution in [0.1, 0.15) is 42.0 Å². The SMILES string of the molecule is CCCNC(c1cc(C)nnc1C)c1cnnn1C. The van der Waals surface area contributed by atoms with Crippen LogP contribution in [0.3, 0.4) is 0 Å². The topological polar surface area (TPSA) is 68.5 Å². The molecule has 0 aliphatic carbocycles. The lowest BCUT2D eigenvalue weighted by atomic mass is 10.0. The fourth-order valence-electron chi connectivity index (χ4n) is 2.08. The van der Waals surface area contributed by atoms with Crippen LogP contribution in [-0.4, -0.2) is 31.7 Å². The monoisotopic (exact) mass is 260 g/mol. The maximum atomic E-state index is 4.21. The van der Waals surface area contributed by atoms with Gasteiger partial charge in [0.15, 0.2) is 0 Å². The van der Waals surface area contributed by atoms with Gasteiger partial charge in [-0.05, 0) is 32.9 Å². The molecule has 19 heavy (non-hydrogen) atoms. The lowest BCUT2D eigenvalue weighted by Gasteiger charge is -2.20. The van der Waals surface area contributed by atoms with Crippen LogP contribution >= 0.6 is 0 Å². The van der Waals surface area contributed by atoms with Gasteiger partial charge in [0.2, 0.25) is 0 Å². The Hall–Kier alpha value is -1.82. The van der Waals surface area contributed by atoms with Gasteiger partial charge in [-0.1, -0.05) is 12.1 Å². The van der Waals surface area contributed by atoms with E-state index >= 15 is 0 Å². The zero-order valence-electron chi connectivity index (χ0n) is 11.9. The van der Waals surface area contributed by atoms with Crippen LogP contribution in [0, 0.1) is 13.8 Å². The second-order valence-corrected chi connectivity index (χ2v) is 4.70. The average Bonchev–Trinajstić information content (AvgIpc) is 2.80. The van der Waals surface area contributed by atoms with E-state index < -0.39 is 0 Å². The third-order valence-electron chi connectivity index (χ3n) is 3.09.